The number of rotatable bonds is 2. The number of carbonyl (C=O) groups excluding carboxylic acids is 1. The summed E-state index contributed by atoms with van der Waals surface area (Å²) in [5.74, 6) is 1.55. The van der Waals surface area contributed by atoms with Crippen LogP contribution < -0.4 is 12.4 Å². The maximum Gasteiger partial charge on any atom is 0.303 e. The minimum atomic E-state index is -0.118. The number of ether oxygens (including phenoxy) is 1. The molecule has 0 amide bonds. The van der Waals surface area contributed by atoms with Gasteiger partial charge in [0.25, 0.3) is 0 Å². The predicted molar refractivity (Wildman–Crippen MR) is 72.1 cm³/mol. The number of esters is 1. The van der Waals surface area contributed by atoms with Gasteiger partial charge in [-0.3, -0.25) is 4.79 Å². The van der Waals surface area contributed by atoms with Gasteiger partial charge in [0.1, 0.15) is 6.04 Å². The largest absolute Gasteiger partial charge is 1.00 e. The molecule has 0 radical (unpaired) electrons. The van der Waals surface area contributed by atoms with Crippen LogP contribution in [0.1, 0.15) is 45.4 Å². The van der Waals surface area contributed by atoms with E-state index >= 15 is 0 Å². The van der Waals surface area contributed by atoms with E-state index in [1.807, 2.05) is 0 Å². The third kappa shape index (κ3) is 4.09. The minimum absolute atomic E-state index is 0. The van der Waals surface area contributed by atoms with Crippen molar-refractivity contribution in [2.75, 3.05) is 21.1 Å². The van der Waals surface area contributed by atoms with Gasteiger partial charge in [-0.15, -0.1) is 0 Å². The number of quaternary nitrogens is 1. The SMILES string of the molecule is CC(=O)OC1CC2CCCCC2CC1[N+](C)(C)C.[Cl-]. The fourth-order valence-corrected chi connectivity index (χ4v) is 3.98. The Kier molecular flexibility index (Phi) is 5.69. The van der Waals surface area contributed by atoms with Gasteiger partial charge in [0.15, 0.2) is 6.10 Å². The third-order valence-electron chi connectivity index (χ3n) is 4.89. The lowest BCUT2D eigenvalue weighted by atomic mass is 9.68. The highest BCUT2D eigenvalue weighted by atomic mass is 35.5. The molecule has 0 aromatic carbocycles. The van der Waals surface area contributed by atoms with Crippen LogP contribution in [0, 0.1) is 11.8 Å². The molecule has 0 N–H and O–H groups in total. The van der Waals surface area contributed by atoms with Crippen molar-refractivity contribution in [3.05, 3.63) is 0 Å². The first kappa shape index (κ1) is 16.8. The summed E-state index contributed by atoms with van der Waals surface area (Å²) in [6.45, 7) is 1.54. The number of hydrogen-bond acceptors (Lipinski definition) is 2. The molecule has 0 aliphatic heterocycles. The van der Waals surface area contributed by atoms with Crippen molar-refractivity contribution in [1.82, 2.24) is 0 Å². The van der Waals surface area contributed by atoms with Gasteiger partial charge < -0.3 is 21.6 Å². The molecule has 4 heteroatoms. The van der Waals surface area contributed by atoms with Gasteiger partial charge in [0, 0.05) is 13.3 Å². The van der Waals surface area contributed by atoms with E-state index in [-0.39, 0.29) is 24.5 Å². The van der Waals surface area contributed by atoms with Crippen LogP contribution in [-0.4, -0.2) is 43.7 Å². The summed E-state index contributed by atoms with van der Waals surface area (Å²) < 4.78 is 6.53. The summed E-state index contributed by atoms with van der Waals surface area (Å²) in [4.78, 5) is 11.3. The van der Waals surface area contributed by atoms with E-state index in [1.54, 1.807) is 6.92 Å². The molecule has 112 valence electrons. The number of nitrogens with zero attached hydrogens (tertiary/aromatic N) is 1. The molecule has 19 heavy (non-hydrogen) atoms. The van der Waals surface area contributed by atoms with Gasteiger partial charge in [-0.25, -0.2) is 0 Å². The van der Waals surface area contributed by atoms with E-state index in [0.29, 0.717) is 6.04 Å². The molecule has 0 bridgehead atoms. The Morgan fingerprint density at radius 3 is 2.05 bits per heavy atom. The van der Waals surface area contributed by atoms with Gasteiger partial charge in [-0.2, -0.15) is 0 Å². The van der Waals surface area contributed by atoms with Crippen molar-refractivity contribution in [2.45, 2.75) is 57.6 Å². The van der Waals surface area contributed by atoms with E-state index < -0.39 is 0 Å². The maximum atomic E-state index is 11.3. The molecule has 2 rings (SSSR count). The molecule has 0 aromatic rings. The van der Waals surface area contributed by atoms with Gasteiger partial charge >= 0.3 is 5.97 Å². The van der Waals surface area contributed by atoms with Crippen LogP contribution in [0.4, 0.5) is 0 Å². The first-order chi connectivity index (χ1) is 8.38. The van der Waals surface area contributed by atoms with E-state index in [4.69, 9.17) is 4.74 Å². The Morgan fingerprint density at radius 2 is 1.58 bits per heavy atom. The average molecular weight is 290 g/mol. The van der Waals surface area contributed by atoms with Crippen molar-refractivity contribution in [2.24, 2.45) is 11.8 Å². The first-order valence-electron chi connectivity index (χ1n) is 7.36. The number of halogens is 1. The molecule has 0 saturated heterocycles. The molecular formula is C15H28ClNO2. The summed E-state index contributed by atoms with van der Waals surface area (Å²) in [5, 5.41) is 0. The minimum Gasteiger partial charge on any atom is -1.00 e. The maximum absolute atomic E-state index is 11.3. The Morgan fingerprint density at radius 1 is 1.05 bits per heavy atom. The zero-order valence-electron chi connectivity index (χ0n) is 12.7. The second kappa shape index (κ2) is 6.45. The molecule has 2 fully saturated rings. The van der Waals surface area contributed by atoms with Crippen molar-refractivity contribution in [1.29, 1.82) is 0 Å². The number of fused-ring (bicyclic) bond motifs is 1. The Bertz CT molecular complexity index is 314. The molecule has 4 unspecified atom stereocenters. The molecule has 0 aromatic heterocycles. The van der Waals surface area contributed by atoms with Gasteiger partial charge in [0.2, 0.25) is 0 Å². The highest BCUT2D eigenvalue weighted by Gasteiger charge is 2.45. The molecule has 2 aliphatic carbocycles. The van der Waals surface area contributed by atoms with Crippen LogP contribution >= 0.6 is 0 Å². The van der Waals surface area contributed by atoms with E-state index in [9.17, 15) is 4.79 Å². The Balaban J connectivity index is 0.00000180. The van der Waals surface area contributed by atoms with Crippen molar-refractivity contribution in [3.63, 3.8) is 0 Å². The fraction of sp³-hybridized carbons (Fsp3) is 0.933. The van der Waals surface area contributed by atoms with Crippen LogP contribution in [0.2, 0.25) is 0 Å². The van der Waals surface area contributed by atoms with Crippen LogP contribution in [0.15, 0.2) is 0 Å². The number of carbonyl (C=O) groups is 1. The van der Waals surface area contributed by atoms with E-state index in [0.717, 1.165) is 22.7 Å². The van der Waals surface area contributed by atoms with Gasteiger partial charge in [-0.05, 0) is 24.7 Å². The third-order valence-corrected chi connectivity index (χ3v) is 4.89. The molecule has 0 spiro atoms. The molecule has 3 nitrogen and oxygen atoms in total. The standard InChI is InChI=1S/C15H28NO2.ClH/c1-11(17)18-15-10-13-8-6-5-7-12(13)9-14(15)16(2,3)4;/h12-15H,5-10H2,1-4H3;1H/q+1;/p-1. The second-order valence-electron chi connectivity index (χ2n) is 7.11. The second-order valence-corrected chi connectivity index (χ2v) is 7.11. The van der Waals surface area contributed by atoms with Gasteiger partial charge in [-0.1, -0.05) is 19.3 Å². The zero-order chi connectivity index (χ0) is 13.3. The monoisotopic (exact) mass is 289 g/mol. The molecule has 0 heterocycles. The Hall–Kier alpha value is -0.280. The first-order valence-corrected chi connectivity index (χ1v) is 7.36. The van der Waals surface area contributed by atoms with Crippen LogP contribution in [0.25, 0.3) is 0 Å². The fourth-order valence-electron chi connectivity index (χ4n) is 3.98. The molecule has 4 atom stereocenters. The number of hydrogen-bond donors (Lipinski definition) is 0. The quantitative estimate of drug-likeness (QED) is 0.511. The molecular weight excluding hydrogens is 262 g/mol. The highest BCUT2D eigenvalue weighted by Crippen LogP contribution is 2.43. The normalized spacial score (nSPS) is 34.9. The van der Waals surface area contributed by atoms with Crippen LogP contribution in [-0.2, 0) is 9.53 Å². The molecule has 2 aliphatic rings. The predicted octanol–water partition coefficient (Wildman–Crippen LogP) is -0.403. The summed E-state index contributed by atoms with van der Waals surface area (Å²) in [6, 6.07) is 0.466. The van der Waals surface area contributed by atoms with Crippen LogP contribution in [0.3, 0.4) is 0 Å². The van der Waals surface area contributed by atoms with E-state index in [2.05, 4.69) is 21.1 Å². The average Bonchev–Trinajstić information content (AvgIpc) is 2.26. The highest BCUT2D eigenvalue weighted by molar-refractivity contribution is 5.66. The summed E-state index contributed by atoms with van der Waals surface area (Å²) in [7, 11) is 6.68. The lowest BCUT2D eigenvalue weighted by Gasteiger charge is -2.47. The van der Waals surface area contributed by atoms with Crippen molar-refractivity contribution >= 4 is 5.97 Å². The zero-order valence-corrected chi connectivity index (χ0v) is 13.4. The van der Waals surface area contributed by atoms with Gasteiger partial charge in [0.05, 0.1) is 21.1 Å². The number of likely N-dealkylation sites (N-methyl/N-ethyl adjacent to an activating group) is 1. The summed E-state index contributed by atoms with van der Waals surface area (Å²) in [6.07, 6.45) is 7.92. The Labute approximate surface area is 123 Å². The van der Waals surface area contributed by atoms with E-state index in [1.165, 1.54) is 32.1 Å². The summed E-state index contributed by atoms with van der Waals surface area (Å²) >= 11 is 0. The van der Waals surface area contributed by atoms with Crippen LogP contribution in [0.5, 0.6) is 0 Å². The lowest BCUT2D eigenvalue weighted by molar-refractivity contribution is -0.901. The van der Waals surface area contributed by atoms with Crippen molar-refractivity contribution < 1.29 is 26.4 Å². The topological polar surface area (TPSA) is 26.3 Å². The van der Waals surface area contributed by atoms with Crippen molar-refractivity contribution in [3.8, 4) is 0 Å². The lowest BCUT2D eigenvalue weighted by Crippen LogP contribution is -3.00. The summed E-state index contributed by atoms with van der Waals surface area (Å²) in [5.41, 5.74) is 0. The smallest absolute Gasteiger partial charge is 0.303 e. The molecule has 2 saturated carbocycles.